The number of rotatable bonds is 7. The van der Waals surface area contributed by atoms with Crippen molar-refractivity contribution in [2.45, 2.75) is 45.2 Å². The summed E-state index contributed by atoms with van der Waals surface area (Å²) in [7, 11) is 1.88. The third-order valence-electron chi connectivity index (χ3n) is 6.32. The van der Waals surface area contributed by atoms with Crippen LogP contribution in [0.15, 0.2) is 35.3 Å². The maximum absolute atomic E-state index is 4.46. The van der Waals surface area contributed by atoms with Crippen molar-refractivity contribution in [3.63, 3.8) is 0 Å². The lowest BCUT2D eigenvalue weighted by Crippen LogP contribution is -2.54. The summed E-state index contributed by atoms with van der Waals surface area (Å²) in [6.45, 7) is 13.6. The van der Waals surface area contributed by atoms with Crippen molar-refractivity contribution >= 4 is 11.6 Å². The van der Waals surface area contributed by atoms with Crippen molar-refractivity contribution in [3.8, 4) is 0 Å². The molecule has 0 bridgehead atoms. The zero-order chi connectivity index (χ0) is 20.5. The molecule has 0 amide bonds. The van der Waals surface area contributed by atoms with E-state index in [-0.39, 0.29) is 0 Å². The average molecular weight is 401 g/mol. The first-order chi connectivity index (χ1) is 14.2. The predicted octanol–water partition coefficient (Wildman–Crippen LogP) is 2.24. The van der Waals surface area contributed by atoms with Crippen LogP contribution in [-0.4, -0.2) is 87.2 Å². The topological polar surface area (TPSA) is 46.1 Å². The molecule has 162 valence electrons. The van der Waals surface area contributed by atoms with Crippen LogP contribution in [0.5, 0.6) is 0 Å². The highest BCUT2D eigenvalue weighted by atomic mass is 15.3. The highest BCUT2D eigenvalue weighted by Crippen LogP contribution is 2.16. The lowest BCUT2D eigenvalue weighted by atomic mass is 10.1. The number of hydrogen-bond acceptors (Lipinski definition) is 4. The van der Waals surface area contributed by atoms with Crippen LogP contribution in [0, 0.1) is 0 Å². The largest absolute Gasteiger partial charge is 0.369 e. The van der Waals surface area contributed by atoms with Crippen molar-refractivity contribution in [2.75, 3.05) is 64.3 Å². The number of nitrogens with zero attached hydrogens (tertiary/aromatic N) is 4. The molecule has 2 saturated heterocycles. The van der Waals surface area contributed by atoms with Gasteiger partial charge in [-0.1, -0.05) is 25.1 Å². The summed E-state index contributed by atoms with van der Waals surface area (Å²) in [5, 5.41) is 7.20. The van der Waals surface area contributed by atoms with Gasteiger partial charge < -0.3 is 20.4 Å². The molecule has 2 heterocycles. The van der Waals surface area contributed by atoms with Crippen molar-refractivity contribution < 1.29 is 0 Å². The maximum atomic E-state index is 4.46. The van der Waals surface area contributed by atoms with Gasteiger partial charge in [0.15, 0.2) is 5.96 Å². The Kier molecular flexibility index (Phi) is 8.62. The van der Waals surface area contributed by atoms with Crippen molar-refractivity contribution in [1.82, 2.24) is 20.4 Å². The number of likely N-dealkylation sites (tertiary alicyclic amines) is 1. The fourth-order valence-corrected chi connectivity index (χ4v) is 4.44. The minimum absolute atomic E-state index is 0.498. The van der Waals surface area contributed by atoms with Crippen molar-refractivity contribution in [3.05, 3.63) is 30.3 Å². The summed E-state index contributed by atoms with van der Waals surface area (Å²) in [6.07, 6.45) is 3.66. The van der Waals surface area contributed by atoms with E-state index >= 15 is 0 Å². The molecule has 2 aliphatic heterocycles. The summed E-state index contributed by atoms with van der Waals surface area (Å²) in [4.78, 5) is 12.1. The average Bonchev–Trinajstić information content (AvgIpc) is 2.78. The number of anilines is 1. The number of para-hydroxylation sites is 1. The van der Waals surface area contributed by atoms with Crippen molar-refractivity contribution in [2.24, 2.45) is 4.99 Å². The number of piperidine rings is 1. The molecule has 6 heteroatoms. The van der Waals surface area contributed by atoms with E-state index in [0.29, 0.717) is 12.1 Å². The highest BCUT2D eigenvalue weighted by molar-refractivity contribution is 5.80. The highest BCUT2D eigenvalue weighted by Gasteiger charge is 2.22. The van der Waals surface area contributed by atoms with E-state index < -0.39 is 0 Å². The number of guanidine groups is 1. The number of nitrogens with one attached hydrogen (secondary N) is 2. The Labute approximate surface area is 177 Å². The quantitative estimate of drug-likeness (QED) is 0.543. The van der Waals surface area contributed by atoms with Gasteiger partial charge >= 0.3 is 0 Å². The first-order valence-electron chi connectivity index (χ1n) is 11.4. The molecule has 2 fully saturated rings. The molecule has 0 aromatic heterocycles. The first kappa shape index (κ1) is 21.9. The van der Waals surface area contributed by atoms with Crippen LogP contribution in [-0.2, 0) is 0 Å². The molecule has 2 N–H and O–H groups in total. The van der Waals surface area contributed by atoms with Crippen LogP contribution in [0.4, 0.5) is 5.69 Å². The molecular weight excluding hydrogens is 360 g/mol. The van der Waals surface area contributed by atoms with E-state index in [9.17, 15) is 0 Å². The Morgan fingerprint density at radius 1 is 1.07 bits per heavy atom. The molecule has 1 aromatic rings. The van der Waals surface area contributed by atoms with Crippen LogP contribution >= 0.6 is 0 Å². The number of benzene rings is 1. The van der Waals surface area contributed by atoms with Gasteiger partial charge in [0.25, 0.3) is 0 Å². The Balaban J connectivity index is 1.37. The second kappa shape index (κ2) is 11.4. The van der Waals surface area contributed by atoms with Gasteiger partial charge in [0.2, 0.25) is 0 Å². The standard InChI is InChI=1S/C23H40N6/c1-4-12-27-13-10-21(11-14-27)26-23(24-3)25-19-20(2)28-15-17-29(18-16-28)22-8-6-5-7-9-22/h5-9,20-21H,4,10-19H2,1-3H3,(H2,24,25,26). The van der Waals surface area contributed by atoms with Gasteiger partial charge in [-0.2, -0.15) is 0 Å². The molecule has 0 spiro atoms. The van der Waals surface area contributed by atoms with Crippen LogP contribution in [0.2, 0.25) is 0 Å². The minimum atomic E-state index is 0.498. The van der Waals surface area contributed by atoms with E-state index in [1.807, 2.05) is 7.05 Å². The van der Waals surface area contributed by atoms with Crippen LogP contribution in [0.3, 0.4) is 0 Å². The molecular formula is C23H40N6. The Morgan fingerprint density at radius 3 is 2.38 bits per heavy atom. The first-order valence-corrected chi connectivity index (χ1v) is 11.4. The Hall–Kier alpha value is -1.79. The molecule has 6 nitrogen and oxygen atoms in total. The van der Waals surface area contributed by atoms with Gasteiger partial charge in [-0.15, -0.1) is 0 Å². The van der Waals surface area contributed by atoms with Gasteiger partial charge in [-0.25, -0.2) is 0 Å². The summed E-state index contributed by atoms with van der Waals surface area (Å²) >= 11 is 0. The summed E-state index contributed by atoms with van der Waals surface area (Å²) in [5.41, 5.74) is 1.34. The van der Waals surface area contributed by atoms with Gasteiger partial charge in [-0.3, -0.25) is 9.89 Å². The zero-order valence-electron chi connectivity index (χ0n) is 18.6. The smallest absolute Gasteiger partial charge is 0.191 e. The van der Waals surface area contributed by atoms with Crippen LogP contribution in [0.25, 0.3) is 0 Å². The number of aliphatic imine (C=N–C) groups is 1. The maximum Gasteiger partial charge on any atom is 0.191 e. The Morgan fingerprint density at radius 2 is 1.76 bits per heavy atom. The van der Waals surface area contributed by atoms with Crippen LogP contribution in [0.1, 0.15) is 33.1 Å². The molecule has 0 aliphatic carbocycles. The van der Waals surface area contributed by atoms with E-state index in [1.165, 1.54) is 44.6 Å². The molecule has 29 heavy (non-hydrogen) atoms. The van der Waals surface area contributed by atoms with Gasteiger partial charge in [0.05, 0.1) is 0 Å². The molecule has 2 aliphatic rings. The normalized spacial score (nSPS) is 21.2. The van der Waals surface area contributed by atoms with E-state index in [2.05, 4.69) is 74.5 Å². The molecule has 1 aromatic carbocycles. The molecule has 0 radical (unpaired) electrons. The fraction of sp³-hybridized carbons (Fsp3) is 0.696. The van der Waals surface area contributed by atoms with E-state index in [4.69, 9.17) is 0 Å². The number of hydrogen-bond donors (Lipinski definition) is 2. The summed E-state index contributed by atoms with van der Waals surface area (Å²) < 4.78 is 0. The second-order valence-corrected chi connectivity index (χ2v) is 8.42. The molecule has 3 rings (SSSR count). The van der Waals surface area contributed by atoms with Gasteiger partial charge in [0.1, 0.15) is 0 Å². The van der Waals surface area contributed by atoms with Crippen LogP contribution < -0.4 is 15.5 Å². The summed E-state index contributed by atoms with van der Waals surface area (Å²) in [5.74, 6) is 0.953. The monoisotopic (exact) mass is 400 g/mol. The molecule has 1 unspecified atom stereocenters. The number of piperazine rings is 1. The van der Waals surface area contributed by atoms with E-state index in [1.54, 1.807) is 0 Å². The third kappa shape index (κ3) is 6.61. The fourth-order valence-electron chi connectivity index (χ4n) is 4.44. The van der Waals surface area contributed by atoms with Gasteiger partial charge in [0, 0.05) is 70.6 Å². The Bertz CT molecular complexity index is 603. The SMILES string of the molecule is CCCN1CCC(NC(=NC)NCC(C)N2CCN(c3ccccc3)CC2)CC1. The summed E-state index contributed by atoms with van der Waals surface area (Å²) in [6, 6.07) is 11.8. The zero-order valence-corrected chi connectivity index (χ0v) is 18.6. The third-order valence-corrected chi connectivity index (χ3v) is 6.32. The predicted molar refractivity (Wildman–Crippen MR) is 124 cm³/mol. The second-order valence-electron chi connectivity index (χ2n) is 8.42. The lowest BCUT2D eigenvalue weighted by molar-refractivity contribution is 0.196. The van der Waals surface area contributed by atoms with Gasteiger partial charge in [-0.05, 0) is 44.9 Å². The lowest BCUT2D eigenvalue weighted by Gasteiger charge is -2.39. The van der Waals surface area contributed by atoms with E-state index in [0.717, 1.165) is 38.7 Å². The van der Waals surface area contributed by atoms with Crippen molar-refractivity contribution in [1.29, 1.82) is 0 Å². The molecule has 1 atom stereocenters. The minimum Gasteiger partial charge on any atom is -0.369 e. The molecule has 0 saturated carbocycles.